The van der Waals surface area contributed by atoms with Gasteiger partial charge in [-0.1, -0.05) is 0 Å². The largest absolute Gasteiger partial charge is 0.427 e. The first-order valence-corrected chi connectivity index (χ1v) is 9.66. The van der Waals surface area contributed by atoms with E-state index in [0.717, 1.165) is 18.4 Å². The number of carbonyl (C=O) groups excluding carboxylic acids is 3. The molecule has 0 spiro atoms. The van der Waals surface area contributed by atoms with Crippen molar-refractivity contribution in [3.63, 3.8) is 0 Å². The van der Waals surface area contributed by atoms with Crippen LogP contribution in [0.5, 0.6) is 0 Å². The highest BCUT2D eigenvalue weighted by molar-refractivity contribution is 8.00. The van der Waals surface area contributed by atoms with Crippen LogP contribution in [-0.4, -0.2) is 59.4 Å². The van der Waals surface area contributed by atoms with Crippen molar-refractivity contribution in [2.45, 2.75) is 51.1 Å². The van der Waals surface area contributed by atoms with Crippen LogP contribution >= 0.6 is 11.8 Å². The number of hydrogen-bond acceptors (Lipinski definition) is 8. The Morgan fingerprint density at radius 2 is 2.08 bits per heavy atom. The Bertz CT molecular complexity index is 650. The summed E-state index contributed by atoms with van der Waals surface area (Å²) >= 11 is 1.52. The maximum atomic E-state index is 12.7. The lowest BCUT2D eigenvalue weighted by Crippen LogP contribution is -2.68. The molecule has 3 aliphatic heterocycles. The molecule has 0 radical (unpaired) electrons. The summed E-state index contributed by atoms with van der Waals surface area (Å²) in [6, 6.07) is -0.618. The van der Waals surface area contributed by atoms with Crippen LogP contribution in [0.4, 0.5) is 0 Å². The van der Waals surface area contributed by atoms with Crippen LogP contribution in [0.25, 0.3) is 0 Å². The summed E-state index contributed by atoms with van der Waals surface area (Å²) in [5.74, 6) is -0.921. The third-order valence-corrected chi connectivity index (χ3v) is 5.87. The first-order chi connectivity index (χ1) is 12.2. The molecule has 3 aliphatic rings. The van der Waals surface area contributed by atoms with E-state index in [-0.39, 0.29) is 23.1 Å². The first kappa shape index (κ1) is 19.2. The van der Waals surface area contributed by atoms with E-state index in [1.165, 1.54) is 16.7 Å². The molecule has 0 aromatic heterocycles. The molecule has 3 heterocycles. The SMILES string of the molecule is CC(C)(C)C(=O)OCOC(=O)C1=C([C@@H]2CCCO2)CS[C@@H]2[C@H](N)C(=O)N12. The third kappa shape index (κ3) is 3.47. The molecule has 0 unspecified atom stereocenters. The molecule has 3 rings (SSSR count). The number of hydrogen-bond donors (Lipinski definition) is 1. The molecule has 9 heteroatoms. The lowest BCUT2D eigenvalue weighted by Gasteiger charge is -2.48. The number of rotatable bonds is 4. The number of carbonyl (C=O) groups is 3. The van der Waals surface area contributed by atoms with E-state index in [2.05, 4.69) is 0 Å². The fourth-order valence-electron chi connectivity index (χ4n) is 3.05. The van der Waals surface area contributed by atoms with E-state index in [4.69, 9.17) is 19.9 Å². The molecule has 0 saturated carbocycles. The van der Waals surface area contributed by atoms with Gasteiger partial charge in [0, 0.05) is 12.4 Å². The lowest BCUT2D eigenvalue weighted by atomic mass is 9.98. The normalized spacial score (nSPS) is 28.5. The second-order valence-electron chi connectivity index (χ2n) is 7.54. The number of nitrogens with zero attached hydrogens (tertiary/aromatic N) is 1. The van der Waals surface area contributed by atoms with Gasteiger partial charge in [0.05, 0.1) is 11.5 Å². The lowest BCUT2D eigenvalue weighted by molar-refractivity contribution is -0.173. The topological polar surface area (TPSA) is 108 Å². The molecule has 144 valence electrons. The Hall–Kier alpha value is -1.58. The van der Waals surface area contributed by atoms with Crippen molar-refractivity contribution in [1.29, 1.82) is 0 Å². The summed E-state index contributed by atoms with van der Waals surface area (Å²) in [5.41, 5.74) is 6.09. The average Bonchev–Trinajstić information content (AvgIpc) is 3.13. The molecule has 0 aromatic carbocycles. The molecule has 2 fully saturated rings. The fraction of sp³-hybridized carbons (Fsp3) is 0.706. The van der Waals surface area contributed by atoms with Crippen molar-refractivity contribution in [1.82, 2.24) is 4.90 Å². The summed E-state index contributed by atoms with van der Waals surface area (Å²) in [4.78, 5) is 38.1. The highest BCUT2D eigenvalue weighted by atomic mass is 32.2. The molecule has 0 bridgehead atoms. The second kappa shape index (κ2) is 7.21. The molecule has 2 saturated heterocycles. The molecular weight excluding hydrogens is 360 g/mol. The highest BCUT2D eigenvalue weighted by Crippen LogP contribution is 2.42. The van der Waals surface area contributed by atoms with Gasteiger partial charge < -0.3 is 19.9 Å². The molecule has 0 aliphatic carbocycles. The fourth-order valence-corrected chi connectivity index (χ4v) is 4.40. The van der Waals surface area contributed by atoms with Gasteiger partial charge in [-0.25, -0.2) is 4.79 Å². The van der Waals surface area contributed by atoms with E-state index < -0.39 is 30.2 Å². The predicted molar refractivity (Wildman–Crippen MR) is 93.6 cm³/mol. The summed E-state index contributed by atoms with van der Waals surface area (Å²) in [7, 11) is 0. The van der Waals surface area contributed by atoms with Gasteiger partial charge in [0.15, 0.2) is 0 Å². The Kier molecular flexibility index (Phi) is 5.32. The number of β-lactam (4-membered cyclic amide) rings is 1. The zero-order valence-corrected chi connectivity index (χ0v) is 16.0. The molecule has 3 atom stereocenters. The monoisotopic (exact) mass is 384 g/mol. The van der Waals surface area contributed by atoms with Crippen molar-refractivity contribution in [3.05, 3.63) is 11.3 Å². The smallest absolute Gasteiger partial charge is 0.358 e. The number of amides is 1. The van der Waals surface area contributed by atoms with Crippen molar-refractivity contribution in [3.8, 4) is 0 Å². The van der Waals surface area contributed by atoms with E-state index in [0.29, 0.717) is 12.4 Å². The minimum absolute atomic E-state index is 0.194. The number of ether oxygens (including phenoxy) is 3. The number of nitrogens with two attached hydrogens (primary N) is 1. The standard InChI is InChI=1S/C17H24N2O6S/c1-17(2,3)16(22)25-8-24-15(21)12-9(10-5-4-6-23-10)7-26-14-11(18)13(20)19(12)14/h10-11,14H,4-8,18H2,1-3H3/t10-,11+,14+/m0/s1. The van der Waals surface area contributed by atoms with Gasteiger partial charge >= 0.3 is 11.9 Å². The van der Waals surface area contributed by atoms with E-state index in [9.17, 15) is 14.4 Å². The zero-order chi connectivity index (χ0) is 19.1. The summed E-state index contributed by atoms with van der Waals surface area (Å²) in [6.07, 6.45) is 1.50. The Labute approximate surface area is 156 Å². The molecule has 2 N–H and O–H groups in total. The number of fused-ring (bicyclic) bond motifs is 1. The second-order valence-corrected chi connectivity index (χ2v) is 8.65. The van der Waals surface area contributed by atoms with Crippen LogP contribution in [-0.2, 0) is 28.6 Å². The van der Waals surface area contributed by atoms with Gasteiger partial charge in [-0.3, -0.25) is 14.5 Å². The van der Waals surface area contributed by atoms with Crippen molar-refractivity contribution in [2.75, 3.05) is 19.2 Å². The third-order valence-electron chi connectivity index (χ3n) is 4.54. The van der Waals surface area contributed by atoms with Crippen molar-refractivity contribution < 1.29 is 28.6 Å². The van der Waals surface area contributed by atoms with Gasteiger partial charge in [-0.15, -0.1) is 11.8 Å². The van der Waals surface area contributed by atoms with Gasteiger partial charge in [0.2, 0.25) is 12.7 Å². The van der Waals surface area contributed by atoms with E-state index >= 15 is 0 Å². The van der Waals surface area contributed by atoms with Crippen LogP contribution in [0.1, 0.15) is 33.6 Å². The minimum Gasteiger partial charge on any atom is -0.427 e. The maximum Gasteiger partial charge on any atom is 0.358 e. The first-order valence-electron chi connectivity index (χ1n) is 8.61. The minimum atomic E-state index is -0.693. The van der Waals surface area contributed by atoms with Gasteiger partial charge in [0.1, 0.15) is 17.1 Å². The number of thioether (sulfide) groups is 1. The maximum absolute atomic E-state index is 12.7. The van der Waals surface area contributed by atoms with Gasteiger partial charge in [-0.05, 0) is 39.2 Å². The van der Waals surface area contributed by atoms with Gasteiger partial charge in [0.25, 0.3) is 0 Å². The summed E-state index contributed by atoms with van der Waals surface area (Å²) in [5, 5.41) is -0.271. The Morgan fingerprint density at radius 3 is 2.69 bits per heavy atom. The van der Waals surface area contributed by atoms with Crippen molar-refractivity contribution >= 4 is 29.6 Å². The summed E-state index contributed by atoms with van der Waals surface area (Å²) in [6.45, 7) is 5.25. The van der Waals surface area contributed by atoms with Crippen LogP contribution in [0, 0.1) is 5.41 Å². The van der Waals surface area contributed by atoms with Crippen LogP contribution < -0.4 is 5.73 Å². The molecule has 26 heavy (non-hydrogen) atoms. The quantitative estimate of drug-likeness (QED) is 0.430. The van der Waals surface area contributed by atoms with Crippen LogP contribution in [0.15, 0.2) is 11.3 Å². The van der Waals surface area contributed by atoms with Crippen LogP contribution in [0.3, 0.4) is 0 Å². The molecule has 0 aromatic rings. The highest BCUT2D eigenvalue weighted by Gasteiger charge is 2.53. The van der Waals surface area contributed by atoms with Crippen LogP contribution in [0.2, 0.25) is 0 Å². The molecule has 8 nitrogen and oxygen atoms in total. The Balaban J connectivity index is 1.74. The van der Waals surface area contributed by atoms with Crippen molar-refractivity contribution in [2.24, 2.45) is 11.1 Å². The average molecular weight is 384 g/mol. The van der Waals surface area contributed by atoms with Gasteiger partial charge in [-0.2, -0.15) is 0 Å². The summed E-state index contributed by atoms with van der Waals surface area (Å²) < 4.78 is 15.8. The number of esters is 2. The van der Waals surface area contributed by atoms with E-state index in [1.54, 1.807) is 20.8 Å². The molecular formula is C17H24N2O6S. The Morgan fingerprint density at radius 1 is 1.35 bits per heavy atom. The predicted octanol–water partition coefficient (Wildman–Crippen LogP) is 0.752. The molecule has 1 amide bonds. The van der Waals surface area contributed by atoms with E-state index in [1.807, 2.05) is 0 Å². The zero-order valence-electron chi connectivity index (χ0n) is 15.1.